The summed E-state index contributed by atoms with van der Waals surface area (Å²) < 4.78 is 5.58. The average Bonchev–Trinajstić information content (AvgIpc) is 2.89. The summed E-state index contributed by atoms with van der Waals surface area (Å²) in [6, 6.07) is 4.04. The van der Waals surface area contributed by atoms with E-state index >= 15 is 0 Å². The van der Waals surface area contributed by atoms with Crippen LogP contribution in [0.15, 0.2) is 21.9 Å². The Morgan fingerprint density at radius 3 is 2.83 bits per heavy atom. The van der Waals surface area contributed by atoms with Gasteiger partial charge in [-0.15, -0.1) is 11.3 Å². The first-order valence-corrected chi connectivity index (χ1v) is 7.22. The molecule has 0 saturated carbocycles. The number of aromatic nitrogens is 1. The fourth-order valence-electron chi connectivity index (χ4n) is 1.92. The fourth-order valence-corrected chi connectivity index (χ4v) is 2.81. The third kappa shape index (κ3) is 3.68. The SMILES string of the molecule is CCCc1nc(CN(C)Cc2ccc(C)o2)cs1. The van der Waals surface area contributed by atoms with E-state index in [2.05, 4.69) is 29.2 Å². The minimum Gasteiger partial charge on any atom is -0.465 e. The van der Waals surface area contributed by atoms with Crippen LogP contribution < -0.4 is 0 Å². The number of aryl methyl sites for hydroxylation is 2. The van der Waals surface area contributed by atoms with Crippen LogP contribution in [0.1, 0.15) is 35.6 Å². The Balaban J connectivity index is 1.88. The van der Waals surface area contributed by atoms with Crippen molar-refractivity contribution in [2.24, 2.45) is 0 Å². The number of furan rings is 1. The van der Waals surface area contributed by atoms with Gasteiger partial charge in [-0.3, -0.25) is 4.90 Å². The van der Waals surface area contributed by atoms with Crippen molar-refractivity contribution in [3.8, 4) is 0 Å². The quantitative estimate of drug-likeness (QED) is 0.798. The van der Waals surface area contributed by atoms with Gasteiger partial charge in [-0.1, -0.05) is 6.92 Å². The topological polar surface area (TPSA) is 29.3 Å². The fraction of sp³-hybridized carbons (Fsp3) is 0.500. The minimum absolute atomic E-state index is 0.828. The molecule has 0 saturated heterocycles. The summed E-state index contributed by atoms with van der Waals surface area (Å²) in [5.74, 6) is 1.98. The maximum Gasteiger partial charge on any atom is 0.118 e. The van der Waals surface area contributed by atoms with Crippen LogP contribution >= 0.6 is 11.3 Å². The Kier molecular flexibility index (Phi) is 4.55. The lowest BCUT2D eigenvalue weighted by Crippen LogP contribution is -2.17. The molecule has 2 aromatic heterocycles. The summed E-state index contributed by atoms with van der Waals surface area (Å²) in [4.78, 5) is 6.86. The Morgan fingerprint density at radius 2 is 2.17 bits per heavy atom. The van der Waals surface area contributed by atoms with Crippen LogP contribution in [0.3, 0.4) is 0 Å². The molecule has 4 heteroatoms. The summed E-state index contributed by atoms with van der Waals surface area (Å²) >= 11 is 1.77. The maximum absolute atomic E-state index is 5.58. The third-order valence-corrected chi connectivity index (χ3v) is 3.67. The molecule has 0 radical (unpaired) electrons. The lowest BCUT2D eigenvalue weighted by molar-refractivity contribution is 0.282. The van der Waals surface area contributed by atoms with Gasteiger partial charge in [0.25, 0.3) is 0 Å². The number of nitrogens with zero attached hydrogens (tertiary/aromatic N) is 2. The highest BCUT2D eigenvalue weighted by Crippen LogP contribution is 2.15. The zero-order valence-corrected chi connectivity index (χ0v) is 12.1. The van der Waals surface area contributed by atoms with Crippen LogP contribution in [0.5, 0.6) is 0 Å². The first-order chi connectivity index (χ1) is 8.67. The second kappa shape index (κ2) is 6.16. The van der Waals surface area contributed by atoms with Crippen LogP contribution in [-0.4, -0.2) is 16.9 Å². The van der Waals surface area contributed by atoms with E-state index in [0.717, 1.165) is 43.1 Å². The summed E-state index contributed by atoms with van der Waals surface area (Å²) in [5.41, 5.74) is 1.16. The Bertz CT molecular complexity index is 489. The molecule has 3 nitrogen and oxygen atoms in total. The van der Waals surface area contributed by atoms with Gasteiger partial charge in [0.2, 0.25) is 0 Å². The lowest BCUT2D eigenvalue weighted by Gasteiger charge is -2.13. The van der Waals surface area contributed by atoms with E-state index < -0.39 is 0 Å². The molecule has 0 unspecified atom stereocenters. The third-order valence-electron chi connectivity index (χ3n) is 2.72. The van der Waals surface area contributed by atoms with E-state index in [1.54, 1.807) is 11.3 Å². The number of rotatable bonds is 6. The molecule has 0 aromatic carbocycles. The molecule has 0 bridgehead atoms. The normalized spacial score (nSPS) is 11.3. The van der Waals surface area contributed by atoms with Gasteiger partial charge in [0.05, 0.1) is 17.2 Å². The van der Waals surface area contributed by atoms with Crippen molar-refractivity contribution < 1.29 is 4.42 Å². The molecular formula is C14H20N2OS. The second-order valence-electron chi connectivity index (χ2n) is 4.67. The monoisotopic (exact) mass is 264 g/mol. The molecule has 0 fully saturated rings. The molecule has 2 aromatic rings. The molecule has 2 heterocycles. The highest BCUT2D eigenvalue weighted by atomic mass is 32.1. The Labute approximate surface area is 112 Å². The van der Waals surface area contributed by atoms with Gasteiger partial charge < -0.3 is 4.42 Å². The zero-order chi connectivity index (χ0) is 13.0. The van der Waals surface area contributed by atoms with Crippen molar-refractivity contribution in [3.63, 3.8) is 0 Å². The Hall–Kier alpha value is -1.13. The van der Waals surface area contributed by atoms with Crippen molar-refractivity contribution in [1.29, 1.82) is 0 Å². The summed E-state index contributed by atoms with van der Waals surface area (Å²) in [5, 5.41) is 3.41. The molecule has 0 atom stereocenters. The van der Waals surface area contributed by atoms with Crippen LogP contribution in [0.2, 0.25) is 0 Å². The molecule has 0 aliphatic heterocycles. The van der Waals surface area contributed by atoms with Gasteiger partial charge in [-0.2, -0.15) is 0 Å². The molecule has 0 amide bonds. The molecular weight excluding hydrogens is 244 g/mol. The molecule has 98 valence electrons. The summed E-state index contributed by atoms with van der Waals surface area (Å²) in [6.07, 6.45) is 2.25. The van der Waals surface area contributed by atoms with Crippen molar-refractivity contribution in [3.05, 3.63) is 39.7 Å². The van der Waals surface area contributed by atoms with Crippen LogP contribution in [-0.2, 0) is 19.5 Å². The molecule has 18 heavy (non-hydrogen) atoms. The first-order valence-electron chi connectivity index (χ1n) is 6.34. The standard InChI is InChI=1S/C14H20N2OS/c1-4-5-14-15-12(10-18-14)8-16(3)9-13-7-6-11(2)17-13/h6-7,10H,4-5,8-9H2,1-3H3. The molecule has 0 spiro atoms. The van der Waals surface area contributed by atoms with E-state index in [0.29, 0.717) is 0 Å². The summed E-state index contributed by atoms with van der Waals surface area (Å²) in [7, 11) is 2.09. The van der Waals surface area contributed by atoms with Gasteiger partial charge in [-0.25, -0.2) is 4.98 Å². The van der Waals surface area contributed by atoms with Crippen LogP contribution in [0.4, 0.5) is 0 Å². The molecule has 0 aliphatic carbocycles. The predicted octanol–water partition coefficient (Wildman–Crippen LogP) is 3.63. The largest absolute Gasteiger partial charge is 0.465 e. The van der Waals surface area contributed by atoms with Crippen LogP contribution in [0.25, 0.3) is 0 Å². The zero-order valence-electron chi connectivity index (χ0n) is 11.3. The van der Waals surface area contributed by atoms with E-state index in [1.807, 2.05) is 19.1 Å². The van der Waals surface area contributed by atoms with E-state index in [4.69, 9.17) is 4.42 Å². The Morgan fingerprint density at radius 1 is 1.33 bits per heavy atom. The number of thiazole rings is 1. The predicted molar refractivity (Wildman–Crippen MR) is 74.7 cm³/mol. The number of hydrogen-bond acceptors (Lipinski definition) is 4. The van der Waals surface area contributed by atoms with E-state index in [1.165, 1.54) is 5.01 Å². The van der Waals surface area contributed by atoms with Crippen LogP contribution in [0, 0.1) is 6.92 Å². The van der Waals surface area contributed by atoms with Gasteiger partial charge in [0, 0.05) is 11.9 Å². The lowest BCUT2D eigenvalue weighted by atomic mass is 10.3. The van der Waals surface area contributed by atoms with Gasteiger partial charge in [0.1, 0.15) is 11.5 Å². The van der Waals surface area contributed by atoms with Gasteiger partial charge in [-0.05, 0) is 38.9 Å². The summed E-state index contributed by atoms with van der Waals surface area (Å²) in [6.45, 7) is 5.86. The van der Waals surface area contributed by atoms with Crippen molar-refractivity contribution in [2.75, 3.05) is 7.05 Å². The van der Waals surface area contributed by atoms with E-state index in [-0.39, 0.29) is 0 Å². The maximum atomic E-state index is 5.58. The van der Waals surface area contributed by atoms with Gasteiger partial charge >= 0.3 is 0 Å². The highest BCUT2D eigenvalue weighted by Gasteiger charge is 2.07. The first kappa shape index (κ1) is 13.3. The molecule has 0 N–H and O–H groups in total. The average molecular weight is 264 g/mol. The molecule has 2 rings (SSSR count). The van der Waals surface area contributed by atoms with Gasteiger partial charge in [0.15, 0.2) is 0 Å². The highest BCUT2D eigenvalue weighted by molar-refractivity contribution is 7.09. The van der Waals surface area contributed by atoms with Crippen molar-refractivity contribution >= 4 is 11.3 Å². The van der Waals surface area contributed by atoms with E-state index in [9.17, 15) is 0 Å². The number of hydrogen-bond donors (Lipinski definition) is 0. The second-order valence-corrected chi connectivity index (χ2v) is 5.61. The minimum atomic E-state index is 0.828. The van der Waals surface area contributed by atoms with Crippen molar-refractivity contribution in [1.82, 2.24) is 9.88 Å². The van der Waals surface area contributed by atoms with Crippen molar-refractivity contribution in [2.45, 2.75) is 39.8 Å². The molecule has 0 aliphatic rings. The smallest absolute Gasteiger partial charge is 0.118 e.